The third-order valence-corrected chi connectivity index (χ3v) is 19.0. The van der Waals surface area contributed by atoms with Crippen molar-refractivity contribution in [1.29, 1.82) is 0 Å². The molecule has 0 unspecified atom stereocenters. The van der Waals surface area contributed by atoms with Gasteiger partial charge in [0.05, 0.1) is 44.1 Å². The van der Waals surface area contributed by atoms with Crippen LogP contribution in [0.2, 0.25) is 0 Å². The number of anilines is 6. The SMILES string of the molecule is Cc1ccc2c(c1)c1cc(C)ccc1n2-c1nc(-n2c3ccccc3c3cc(N(c4ccccc4)c4ccccc4)ccc32)c(-n2c3ccccc3c3cc(N(c4ccccc4)c4ccccc4)ccc32)c(-c2ccncc2)c1-n1c2ccc(C)cc2c2cc(C)ccc21. The Bertz CT molecular complexity index is 5820. The van der Waals surface area contributed by atoms with Gasteiger partial charge in [0.25, 0.3) is 0 Å². The molecule has 0 aliphatic rings. The summed E-state index contributed by atoms with van der Waals surface area (Å²) in [4.78, 5) is 16.1. The number of pyridine rings is 2. The van der Waals surface area contributed by atoms with Crippen molar-refractivity contribution in [3.8, 4) is 34.1 Å². The molecular formula is C86H62N8. The van der Waals surface area contributed by atoms with E-state index in [2.05, 4.69) is 347 Å². The molecule has 8 nitrogen and oxygen atoms in total. The summed E-state index contributed by atoms with van der Waals surface area (Å²) in [6.45, 7) is 8.79. The summed E-state index contributed by atoms with van der Waals surface area (Å²) in [6, 6.07) is 107. The van der Waals surface area contributed by atoms with Crippen molar-refractivity contribution >= 4 is 121 Å². The molecule has 6 aromatic heterocycles. The second-order valence-corrected chi connectivity index (χ2v) is 24.9. The van der Waals surface area contributed by atoms with Gasteiger partial charge in [0.15, 0.2) is 11.6 Å². The van der Waals surface area contributed by atoms with Crippen LogP contribution in [0.15, 0.2) is 304 Å². The molecule has 0 saturated heterocycles. The van der Waals surface area contributed by atoms with E-state index in [9.17, 15) is 0 Å². The summed E-state index contributed by atoms with van der Waals surface area (Å²) in [5, 5.41) is 9.10. The van der Waals surface area contributed by atoms with Gasteiger partial charge in [-0.3, -0.25) is 14.1 Å². The Morgan fingerprint density at radius 3 is 0.894 bits per heavy atom. The highest BCUT2D eigenvalue weighted by Crippen LogP contribution is 2.51. The van der Waals surface area contributed by atoms with Crippen LogP contribution in [0.4, 0.5) is 34.1 Å². The lowest BCUT2D eigenvalue weighted by Gasteiger charge is -2.27. The molecule has 0 aliphatic carbocycles. The molecule has 94 heavy (non-hydrogen) atoms. The lowest BCUT2D eigenvalue weighted by atomic mass is 10.0. The van der Waals surface area contributed by atoms with E-state index in [1.54, 1.807) is 0 Å². The van der Waals surface area contributed by atoms with Crippen LogP contribution in [0, 0.1) is 27.7 Å². The maximum atomic E-state index is 6.59. The topological polar surface area (TPSA) is 52.0 Å². The summed E-state index contributed by atoms with van der Waals surface area (Å²) in [5.41, 5.74) is 23.3. The van der Waals surface area contributed by atoms with Crippen molar-refractivity contribution in [2.45, 2.75) is 27.7 Å². The van der Waals surface area contributed by atoms with Crippen molar-refractivity contribution in [3.05, 3.63) is 326 Å². The lowest BCUT2D eigenvalue weighted by molar-refractivity contribution is 0.960. The molecular weight excluding hydrogens is 1150 g/mol. The molecule has 0 N–H and O–H groups in total. The van der Waals surface area contributed by atoms with Crippen LogP contribution in [0.5, 0.6) is 0 Å². The fraction of sp³-hybridized carbons (Fsp3) is 0.0465. The fourth-order valence-electron chi connectivity index (χ4n) is 14.9. The van der Waals surface area contributed by atoms with Gasteiger partial charge in [0.2, 0.25) is 0 Å². The van der Waals surface area contributed by atoms with Gasteiger partial charge in [-0.1, -0.05) is 156 Å². The van der Waals surface area contributed by atoms with Gasteiger partial charge in [-0.2, -0.15) is 0 Å². The normalized spacial score (nSPS) is 11.8. The molecule has 446 valence electrons. The average molecular weight is 1210 g/mol. The maximum absolute atomic E-state index is 6.59. The summed E-state index contributed by atoms with van der Waals surface area (Å²) in [5.74, 6) is 1.54. The van der Waals surface area contributed by atoms with Gasteiger partial charge in [0.1, 0.15) is 11.4 Å². The molecule has 12 aromatic carbocycles. The summed E-state index contributed by atoms with van der Waals surface area (Å²) >= 11 is 0. The number of fused-ring (bicyclic) bond motifs is 12. The lowest BCUT2D eigenvalue weighted by Crippen LogP contribution is -2.16. The second kappa shape index (κ2) is 21.7. The molecule has 0 spiro atoms. The highest BCUT2D eigenvalue weighted by Gasteiger charge is 2.33. The van der Waals surface area contributed by atoms with Gasteiger partial charge >= 0.3 is 0 Å². The highest BCUT2D eigenvalue weighted by atomic mass is 15.2. The van der Waals surface area contributed by atoms with Crippen molar-refractivity contribution in [3.63, 3.8) is 0 Å². The Kier molecular flexibility index (Phi) is 12.6. The van der Waals surface area contributed by atoms with Crippen LogP contribution in [0.25, 0.3) is 121 Å². The first-order valence-electron chi connectivity index (χ1n) is 32.2. The van der Waals surface area contributed by atoms with Gasteiger partial charge in [-0.25, -0.2) is 4.98 Å². The van der Waals surface area contributed by atoms with Crippen molar-refractivity contribution in [2.24, 2.45) is 0 Å². The first-order valence-corrected chi connectivity index (χ1v) is 32.2. The Morgan fingerprint density at radius 1 is 0.245 bits per heavy atom. The Morgan fingerprint density at radius 2 is 0.532 bits per heavy atom. The van der Waals surface area contributed by atoms with Crippen LogP contribution in [0.1, 0.15) is 22.3 Å². The second-order valence-electron chi connectivity index (χ2n) is 24.9. The van der Waals surface area contributed by atoms with Crippen molar-refractivity contribution in [2.75, 3.05) is 9.80 Å². The molecule has 6 heterocycles. The molecule has 0 bridgehead atoms. The smallest absolute Gasteiger partial charge is 0.165 e. The van der Waals surface area contributed by atoms with Crippen LogP contribution < -0.4 is 9.80 Å². The molecule has 0 fully saturated rings. The molecule has 18 aromatic rings. The molecule has 0 aliphatic heterocycles. The van der Waals surface area contributed by atoms with Crippen LogP contribution in [-0.4, -0.2) is 28.2 Å². The number of benzene rings is 12. The van der Waals surface area contributed by atoms with Gasteiger partial charge in [0, 0.05) is 95.2 Å². The third-order valence-electron chi connectivity index (χ3n) is 19.0. The minimum atomic E-state index is 0.760. The van der Waals surface area contributed by atoms with Gasteiger partial charge in [-0.15, -0.1) is 0 Å². The number of hydrogen-bond donors (Lipinski definition) is 0. The summed E-state index contributed by atoms with van der Waals surface area (Å²) < 4.78 is 9.97. The Labute approximate surface area is 543 Å². The molecule has 0 amide bonds. The van der Waals surface area contributed by atoms with E-state index in [4.69, 9.17) is 9.97 Å². The molecule has 8 heteroatoms. The number of hydrogen-bond acceptors (Lipinski definition) is 4. The largest absolute Gasteiger partial charge is 0.310 e. The Hall–Kier alpha value is -12.3. The van der Waals surface area contributed by atoms with E-state index in [0.717, 1.165) is 134 Å². The quantitative estimate of drug-likeness (QED) is 0.129. The van der Waals surface area contributed by atoms with E-state index in [0.29, 0.717) is 0 Å². The number of aryl methyl sites for hydroxylation is 4. The van der Waals surface area contributed by atoms with E-state index in [-0.39, 0.29) is 0 Å². The minimum Gasteiger partial charge on any atom is -0.310 e. The molecule has 0 radical (unpaired) electrons. The maximum Gasteiger partial charge on any atom is 0.165 e. The first kappa shape index (κ1) is 54.7. The predicted octanol–water partition coefficient (Wildman–Crippen LogP) is 22.7. The van der Waals surface area contributed by atoms with Crippen LogP contribution >= 0.6 is 0 Å². The minimum absolute atomic E-state index is 0.760. The first-order chi connectivity index (χ1) is 46.3. The number of rotatable bonds is 11. The zero-order valence-electron chi connectivity index (χ0n) is 52.4. The van der Waals surface area contributed by atoms with E-state index < -0.39 is 0 Å². The van der Waals surface area contributed by atoms with Crippen LogP contribution in [-0.2, 0) is 0 Å². The average Bonchev–Trinajstić information content (AvgIpc) is 1.49. The summed E-state index contributed by atoms with van der Waals surface area (Å²) in [7, 11) is 0. The molecule has 0 atom stereocenters. The molecule has 0 saturated carbocycles. The molecule has 18 rings (SSSR count). The van der Waals surface area contributed by atoms with Gasteiger partial charge < -0.3 is 18.9 Å². The van der Waals surface area contributed by atoms with Crippen LogP contribution in [0.3, 0.4) is 0 Å². The summed E-state index contributed by atoms with van der Waals surface area (Å²) in [6.07, 6.45) is 3.89. The zero-order valence-corrected chi connectivity index (χ0v) is 52.4. The predicted molar refractivity (Wildman–Crippen MR) is 393 cm³/mol. The zero-order chi connectivity index (χ0) is 62.7. The monoisotopic (exact) mass is 1210 g/mol. The number of nitrogens with zero attached hydrogens (tertiary/aromatic N) is 8. The number of para-hydroxylation sites is 6. The number of aromatic nitrogens is 6. The van der Waals surface area contributed by atoms with Gasteiger partial charge in [-0.05, 0) is 191 Å². The van der Waals surface area contributed by atoms with E-state index in [1.807, 2.05) is 12.4 Å². The van der Waals surface area contributed by atoms with Crippen molar-refractivity contribution in [1.82, 2.24) is 28.2 Å². The third kappa shape index (κ3) is 8.60. The van der Waals surface area contributed by atoms with E-state index in [1.165, 1.54) is 43.8 Å². The van der Waals surface area contributed by atoms with E-state index >= 15 is 0 Å². The fourth-order valence-corrected chi connectivity index (χ4v) is 14.9. The van der Waals surface area contributed by atoms with Crippen molar-refractivity contribution < 1.29 is 0 Å². The Balaban J connectivity index is 1.06. The highest BCUT2D eigenvalue weighted by molar-refractivity contribution is 6.17. The standard InChI is InChI=1S/C86H62N8/c1-55-33-39-76-68(49-55)69-50-56(2)34-40-77(69)92(76)84-82(59-45-47-87-48-46-59)83(91-74-31-19-17-29-66(74)72-53-64(37-43-78(72)91)89(60-21-9-5-10-22-60)61-23-11-6-12-24-61)85(88-86(84)94-79-41-35-57(3)51-70(79)71-52-58(4)36-42-80(71)94)93-75-32-20-18-30-67(75)73-54-65(38-44-81(73)93)90(62-25-13-7-14-26-62)63-27-15-8-16-28-63/h5-54H,1-4H3.